The fourth-order valence-electron chi connectivity index (χ4n) is 1.37. The molecule has 11 heteroatoms. The van der Waals surface area contributed by atoms with Gasteiger partial charge in [-0.05, 0) is 0 Å². The minimum absolute atomic E-state index is 0.159. The Balaban J connectivity index is 2.38. The molecule has 0 amide bonds. The van der Waals surface area contributed by atoms with Gasteiger partial charge in [0.1, 0.15) is 12.9 Å². The van der Waals surface area contributed by atoms with Gasteiger partial charge in [0.15, 0.2) is 17.0 Å². The van der Waals surface area contributed by atoms with Crippen LogP contribution in [0.1, 0.15) is 0 Å². The maximum Gasteiger partial charge on any atom is 0.323 e. The molecular formula is C7H11N5O2P4. The van der Waals surface area contributed by atoms with Crippen LogP contribution in [0.15, 0.2) is 12.7 Å². The van der Waals surface area contributed by atoms with Gasteiger partial charge in [0, 0.05) is 7.45 Å². The first kappa shape index (κ1) is 14.0. The quantitative estimate of drug-likeness (QED) is 0.817. The lowest BCUT2D eigenvalue weighted by Crippen LogP contribution is -2.08. The van der Waals surface area contributed by atoms with Crippen LogP contribution in [-0.4, -0.2) is 30.6 Å². The summed E-state index contributed by atoms with van der Waals surface area (Å²) < 4.78 is 1.48. The molecule has 4 atom stereocenters. The van der Waals surface area contributed by atoms with Crippen LogP contribution in [0.2, 0.25) is 0 Å². The van der Waals surface area contributed by atoms with Gasteiger partial charge in [0.25, 0.3) is 0 Å². The minimum Gasteiger partial charge on any atom is -0.480 e. The molecule has 4 unspecified atom stereocenters. The van der Waals surface area contributed by atoms with E-state index in [1.54, 1.807) is 0 Å². The average Bonchev–Trinajstić information content (AvgIpc) is 2.73. The van der Waals surface area contributed by atoms with Crippen molar-refractivity contribution in [2.24, 2.45) is 0 Å². The van der Waals surface area contributed by atoms with Crippen molar-refractivity contribution in [1.82, 2.24) is 19.5 Å². The number of imidazole rings is 1. The van der Waals surface area contributed by atoms with E-state index < -0.39 is 13.4 Å². The first-order chi connectivity index (χ1) is 8.61. The molecule has 0 saturated heterocycles. The van der Waals surface area contributed by atoms with Crippen LogP contribution < -0.4 is 5.09 Å². The van der Waals surface area contributed by atoms with Gasteiger partial charge in [-0.2, -0.15) is 0 Å². The number of nitrogens with one attached hydrogen (secondary N) is 1. The Morgan fingerprint density at radius 2 is 2.33 bits per heavy atom. The second-order valence-corrected chi connectivity index (χ2v) is 12.1. The predicted molar refractivity (Wildman–Crippen MR) is 81.2 cm³/mol. The lowest BCUT2D eigenvalue weighted by molar-refractivity contribution is -0.137. The highest BCUT2D eigenvalue weighted by molar-refractivity contribution is 8.61. The van der Waals surface area contributed by atoms with E-state index in [2.05, 4.69) is 37.9 Å². The number of carboxylic acids is 1. The molecule has 0 spiro atoms. The van der Waals surface area contributed by atoms with E-state index in [9.17, 15) is 4.79 Å². The third-order valence-corrected chi connectivity index (χ3v) is 10.9. The van der Waals surface area contributed by atoms with Crippen LogP contribution in [0.4, 0.5) is 5.82 Å². The van der Waals surface area contributed by atoms with E-state index in [4.69, 9.17) is 5.11 Å². The number of carbonyl (C=O) groups is 1. The Morgan fingerprint density at radius 3 is 3.00 bits per heavy atom. The molecule has 2 heterocycles. The van der Waals surface area contributed by atoms with Gasteiger partial charge in [0.05, 0.1) is 6.33 Å². The summed E-state index contributed by atoms with van der Waals surface area (Å²) in [5.74, 6) is -0.289. The monoisotopic (exact) mass is 321 g/mol. The van der Waals surface area contributed by atoms with Crippen molar-refractivity contribution in [1.29, 1.82) is 0 Å². The van der Waals surface area contributed by atoms with E-state index in [0.29, 0.717) is 24.9 Å². The predicted octanol–water partition coefficient (Wildman–Crippen LogP) is 1.89. The van der Waals surface area contributed by atoms with Crippen molar-refractivity contribution < 1.29 is 9.90 Å². The van der Waals surface area contributed by atoms with E-state index in [1.165, 1.54) is 17.2 Å². The summed E-state index contributed by atoms with van der Waals surface area (Å²) in [6.07, 6.45) is 2.87. The van der Waals surface area contributed by atoms with Crippen molar-refractivity contribution in [2.45, 2.75) is 6.54 Å². The molecule has 18 heavy (non-hydrogen) atoms. The molecule has 0 radical (unpaired) electrons. The normalized spacial score (nSPS) is 13.2. The number of aromatic nitrogens is 4. The van der Waals surface area contributed by atoms with Crippen LogP contribution in [0.5, 0.6) is 0 Å². The number of carboxylic acid groups (broad SMARTS) is 1. The van der Waals surface area contributed by atoms with Crippen LogP contribution >= 0.6 is 33.3 Å². The van der Waals surface area contributed by atoms with E-state index in [0.717, 1.165) is 0 Å². The zero-order valence-electron chi connectivity index (χ0n) is 9.11. The van der Waals surface area contributed by atoms with Gasteiger partial charge in [-0.1, -0.05) is 16.9 Å². The summed E-state index contributed by atoms with van der Waals surface area (Å²) in [5.41, 5.74) is 1.12. The molecule has 0 aliphatic heterocycles. The first-order valence-corrected chi connectivity index (χ1v) is 11.4. The highest BCUT2D eigenvalue weighted by Crippen LogP contribution is 2.65. The second kappa shape index (κ2) is 6.12. The molecule has 0 aromatic carbocycles. The van der Waals surface area contributed by atoms with Gasteiger partial charge < -0.3 is 14.8 Å². The lowest BCUT2D eigenvalue weighted by Gasteiger charge is -2.11. The topological polar surface area (TPSA) is 92.9 Å². The van der Waals surface area contributed by atoms with E-state index >= 15 is 0 Å². The van der Waals surface area contributed by atoms with Crippen molar-refractivity contribution in [3.8, 4) is 0 Å². The Labute approximate surface area is 110 Å². The number of aliphatic carboxylic acids is 1. The number of nitrogens with zero attached hydrogens (tertiary/aromatic N) is 4. The number of rotatable bonds is 5. The zero-order valence-corrected chi connectivity index (χ0v) is 13.3. The summed E-state index contributed by atoms with van der Waals surface area (Å²) in [5, 5.41) is 12.0. The molecule has 0 fully saturated rings. The lowest BCUT2D eigenvalue weighted by atomic mass is 10.5. The molecule has 2 aromatic heterocycles. The highest BCUT2D eigenvalue weighted by atomic mass is 32.6. The van der Waals surface area contributed by atoms with Crippen LogP contribution in [0, 0.1) is 0 Å². The van der Waals surface area contributed by atoms with Crippen molar-refractivity contribution in [3.05, 3.63) is 12.7 Å². The Hall–Kier alpha value is -0.460. The van der Waals surface area contributed by atoms with Gasteiger partial charge in [-0.15, -0.1) is 8.93 Å². The maximum absolute atomic E-state index is 10.7. The summed E-state index contributed by atoms with van der Waals surface area (Å²) in [6, 6.07) is 0. The van der Waals surface area contributed by atoms with Gasteiger partial charge in [-0.3, -0.25) is 4.79 Å². The molecule has 2 rings (SSSR count). The smallest absolute Gasteiger partial charge is 0.323 e. The number of fused-ring (bicyclic) bond motifs is 1. The summed E-state index contributed by atoms with van der Waals surface area (Å²) in [7, 11) is 5.65. The highest BCUT2D eigenvalue weighted by Gasteiger charge is 2.12. The fraction of sp³-hybridized carbons (Fsp3) is 0.143. The minimum atomic E-state index is -0.929. The summed E-state index contributed by atoms with van der Waals surface area (Å²) >= 11 is 0. The van der Waals surface area contributed by atoms with E-state index in [-0.39, 0.29) is 6.54 Å². The van der Waals surface area contributed by atoms with Crippen molar-refractivity contribution in [2.75, 3.05) is 5.09 Å². The third kappa shape index (κ3) is 3.10. The average molecular weight is 321 g/mol. The van der Waals surface area contributed by atoms with Gasteiger partial charge in [-0.25, -0.2) is 15.0 Å². The zero-order chi connectivity index (χ0) is 13.1. The SMILES string of the molecule is O=C(O)Cn1cnc2c(NP(P)PP)ncnc21. The Morgan fingerprint density at radius 1 is 1.56 bits per heavy atom. The standard InChI is InChI=1S/C7H11N5O2P4/c13-4(14)1-12-3-10-5-6(11-18(16)17-15)8-2-9-7(5)12/h2-3,17H,1,15-16H2,(H,13,14)(H,8,9,11). The number of hydrogen-bond acceptors (Lipinski definition) is 5. The van der Waals surface area contributed by atoms with Crippen LogP contribution in [0.3, 0.4) is 0 Å². The fourth-order valence-corrected chi connectivity index (χ4v) is 3.29. The molecule has 0 saturated carbocycles. The van der Waals surface area contributed by atoms with Gasteiger partial charge >= 0.3 is 5.97 Å². The molecular weight excluding hydrogens is 310 g/mol. The first-order valence-electron chi connectivity index (χ1n) is 4.77. The van der Waals surface area contributed by atoms with Crippen LogP contribution in [0.25, 0.3) is 11.2 Å². The third-order valence-electron chi connectivity index (χ3n) is 2.07. The Kier molecular flexibility index (Phi) is 4.75. The second-order valence-electron chi connectivity index (χ2n) is 3.27. The molecule has 2 N–H and O–H groups in total. The molecule has 0 aliphatic rings. The molecule has 96 valence electrons. The Bertz CT molecular complexity index is 576. The van der Waals surface area contributed by atoms with Crippen molar-refractivity contribution in [3.63, 3.8) is 0 Å². The molecule has 0 bridgehead atoms. The van der Waals surface area contributed by atoms with Crippen molar-refractivity contribution >= 4 is 56.2 Å². The van der Waals surface area contributed by atoms with Gasteiger partial charge in [0.2, 0.25) is 0 Å². The maximum atomic E-state index is 10.7. The molecule has 0 aliphatic carbocycles. The largest absolute Gasteiger partial charge is 0.480 e. The van der Waals surface area contributed by atoms with Crippen LogP contribution in [-0.2, 0) is 11.3 Å². The molecule has 7 nitrogen and oxygen atoms in total. The molecule has 2 aromatic rings. The number of anilines is 1. The number of hydrogen-bond donors (Lipinski definition) is 2. The summed E-state index contributed by atoms with van der Waals surface area (Å²) in [4.78, 5) is 23.1. The van der Waals surface area contributed by atoms with E-state index in [1.807, 2.05) is 0 Å². The summed E-state index contributed by atoms with van der Waals surface area (Å²) in [6.45, 7) is -0.159.